The number of nitrogens with one attached hydrogen (secondary N) is 1. The second kappa shape index (κ2) is 12.5. The third-order valence-electron chi connectivity index (χ3n) is 5.51. The van der Waals surface area contributed by atoms with Crippen LogP contribution in [0.3, 0.4) is 0 Å². The first-order chi connectivity index (χ1) is 16.1. The summed E-state index contributed by atoms with van der Waals surface area (Å²) in [7, 11) is 1.54. The Morgan fingerprint density at radius 1 is 1.32 bits per heavy atom. The van der Waals surface area contributed by atoms with Crippen LogP contribution in [-0.4, -0.2) is 45.8 Å². The minimum atomic E-state index is -0.833. The van der Waals surface area contributed by atoms with Crippen molar-refractivity contribution in [3.05, 3.63) is 52.3 Å². The maximum Gasteiger partial charge on any atom is 0.303 e. The molecule has 7 nitrogen and oxygen atoms in total. The van der Waals surface area contributed by atoms with E-state index in [0.29, 0.717) is 19.4 Å². The van der Waals surface area contributed by atoms with E-state index in [-0.39, 0.29) is 41.4 Å². The lowest BCUT2D eigenvalue weighted by Crippen LogP contribution is -2.31. The summed E-state index contributed by atoms with van der Waals surface area (Å²) in [5.41, 5.74) is 0.410. The van der Waals surface area contributed by atoms with Gasteiger partial charge in [-0.2, -0.15) is 0 Å². The third-order valence-corrected chi connectivity index (χ3v) is 5.80. The first-order valence-corrected chi connectivity index (χ1v) is 11.5. The van der Waals surface area contributed by atoms with Gasteiger partial charge in [0.15, 0.2) is 0 Å². The zero-order valence-corrected chi connectivity index (χ0v) is 20.7. The van der Waals surface area contributed by atoms with Crippen molar-refractivity contribution in [2.75, 3.05) is 13.7 Å². The summed E-state index contributed by atoms with van der Waals surface area (Å²) >= 11 is 6.39. The molecule has 0 fully saturated rings. The fourth-order valence-electron chi connectivity index (χ4n) is 3.23. The molecule has 0 aliphatic rings. The van der Waals surface area contributed by atoms with Crippen LogP contribution in [0.5, 0.6) is 0 Å². The maximum absolute atomic E-state index is 13.3. The van der Waals surface area contributed by atoms with E-state index in [4.69, 9.17) is 21.4 Å². The number of amides is 1. The van der Waals surface area contributed by atoms with Gasteiger partial charge in [0.05, 0.1) is 6.54 Å². The highest BCUT2D eigenvalue weighted by molar-refractivity contribution is 6.29. The molecule has 1 atom stereocenters. The van der Waals surface area contributed by atoms with Crippen LogP contribution >= 0.6 is 11.6 Å². The lowest BCUT2D eigenvalue weighted by atomic mass is 9.99. The van der Waals surface area contributed by atoms with Gasteiger partial charge >= 0.3 is 5.97 Å². The number of benzene rings is 1. The Hall–Kier alpha value is -2.89. The normalized spacial score (nSPS) is 12.1. The third kappa shape index (κ3) is 8.15. The lowest BCUT2D eigenvalue weighted by molar-refractivity contribution is -0.137. The summed E-state index contributed by atoms with van der Waals surface area (Å²) < 4.78 is 20.2. The van der Waals surface area contributed by atoms with Crippen LogP contribution < -0.4 is 5.32 Å². The fraction of sp³-hybridized carbons (Fsp3) is 0.480. The van der Waals surface area contributed by atoms with Crippen molar-refractivity contribution in [1.82, 2.24) is 14.9 Å². The standard InChI is InChI=1S/C25H31ClFN3O4/c1-5-17(7-6-8-21(31)32)15-28-23(33)22-20(13-14-25(2,3)34-4)29-24(26)30(22)16-18-9-11-19(27)12-10-18/h9-12,17H,5-8,15-16H2,1-4H3,(H,28,33)(H,31,32). The van der Waals surface area contributed by atoms with Crippen molar-refractivity contribution < 1.29 is 23.8 Å². The Morgan fingerprint density at radius 3 is 2.59 bits per heavy atom. The number of rotatable bonds is 11. The zero-order chi connectivity index (χ0) is 25.3. The number of hydrogen-bond donors (Lipinski definition) is 2. The van der Waals surface area contributed by atoms with Crippen LogP contribution in [0.4, 0.5) is 4.39 Å². The number of halogens is 2. The number of methoxy groups -OCH3 is 1. The Labute approximate surface area is 204 Å². The second-order valence-electron chi connectivity index (χ2n) is 8.53. The summed E-state index contributed by atoms with van der Waals surface area (Å²) in [5.74, 6) is 4.42. The number of carbonyl (C=O) groups is 2. The highest BCUT2D eigenvalue weighted by Crippen LogP contribution is 2.20. The molecular weight excluding hydrogens is 461 g/mol. The van der Waals surface area contributed by atoms with Gasteiger partial charge in [0.1, 0.15) is 22.8 Å². The van der Waals surface area contributed by atoms with E-state index in [0.717, 1.165) is 12.0 Å². The van der Waals surface area contributed by atoms with Gasteiger partial charge in [-0.15, -0.1) is 0 Å². The molecule has 34 heavy (non-hydrogen) atoms. The summed E-state index contributed by atoms with van der Waals surface area (Å²) in [6.07, 6.45) is 2.12. The molecule has 2 aromatic rings. The number of nitrogens with zero attached hydrogens (tertiary/aromatic N) is 2. The van der Waals surface area contributed by atoms with Gasteiger partial charge in [-0.05, 0) is 67.8 Å². The molecule has 0 spiro atoms. The molecule has 1 heterocycles. The number of carbonyl (C=O) groups excluding carboxylic acids is 1. The molecular formula is C25H31ClFN3O4. The van der Waals surface area contributed by atoms with Crippen LogP contribution in [0.2, 0.25) is 5.28 Å². The van der Waals surface area contributed by atoms with Gasteiger partial charge < -0.3 is 19.7 Å². The summed E-state index contributed by atoms with van der Waals surface area (Å²) in [5, 5.41) is 11.9. The van der Waals surface area contributed by atoms with Crippen LogP contribution in [-0.2, 0) is 16.1 Å². The first-order valence-electron chi connectivity index (χ1n) is 11.1. The number of ether oxygens (including phenoxy) is 1. The van der Waals surface area contributed by atoms with Gasteiger partial charge in [0, 0.05) is 20.1 Å². The van der Waals surface area contributed by atoms with E-state index in [1.54, 1.807) is 30.5 Å². The maximum atomic E-state index is 13.3. The molecule has 2 N–H and O–H groups in total. The minimum absolute atomic E-state index is 0.0856. The van der Waals surface area contributed by atoms with E-state index in [9.17, 15) is 14.0 Å². The number of aromatic nitrogens is 2. The molecule has 0 saturated heterocycles. The number of hydrogen-bond acceptors (Lipinski definition) is 4. The van der Waals surface area contributed by atoms with E-state index >= 15 is 0 Å². The Bertz CT molecular complexity index is 1050. The smallest absolute Gasteiger partial charge is 0.303 e. The molecule has 0 aliphatic carbocycles. The van der Waals surface area contributed by atoms with Gasteiger partial charge in [0.25, 0.3) is 5.91 Å². The largest absolute Gasteiger partial charge is 0.481 e. The molecule has 0 radical (unpaired) electrons. The Morgan fingerprint density at radius 2 is 2.00 bits per heavy atom. The molecule has 0 aliphatic heterocycles. The van der Waals surface area contributed by atoms with Crippen LogP contribution in [0, 0.1) is 23.6 Å². The SMILES string of the molecule is CCC(CCCC(=O)O)CNC(=O)c1c(C#CC(C)(C)OC)nc(Cl)n1Cc1ccc(F)cc1. The predicted octanol–water partition coefficient (Wildman–Crippen LogP) is 4.51. The van der Waals surface area contributed by atoms with Crippen LogP contribution in [0.1, 0.15) is 68.2 Å². The van der Waals surface area contributed by atoms with Crippen LogP contribution in [0.15, 0.2) is 24.3 Å². The highest BCUT2D eigenvalue weighted by Gasteiger charge is 2.23. The molecule has 2 rings (SSSR count). The molecule has 0 bridgehead atoms. The molecule has 1 unspecified atom stereocenters. The topological polar surface area (TPSA) is 93.5 Å². The molecule has 1 aromatic heterocycles. The minimum Gasteiger partial charge on any atom is -0.481 e. The first kappa shape index (κ1) is 27.4. The Kier molecular flexibility index (Phi) is 10.1. The lowest BCUT2D eigenvalue weighted by Gasteiger charge is -2.16. The van der Waals surface area contributed by atoms with Crippen LogP contribution in [0.25, 0.3) is 0 Å². The van der Waals surface area contributed by atoms with Gasteiger partial charge in [-0.3, -0.25) is 9.59 Å². The van der Waals surface area contributed by atoms with E-state index in [2.05, 4.69) is 22.1 Å². The number of imidazole rings is 1. The van der Waals surface area contributed by atoms with Gasteiger partial charge in [-0.1, -0.05) is 31.4 Å². The summed E-state index contributed by atoms with van der Waals surface area (Å²) in [4.78, 5) is 28.3. The number of carboxylic acids is 1. The van der Waals surface area contributed by atoms with E-state index in [1.165, 1.54) is 19.2 Å². The van der Waals surface area contributed by atoms with Crippen molar-refractivity contribution in [1.29, 1.82) is 0 Å². The molecule has 1 amide bonds. The highest BCUT2D eigenvalue weighted by atomic mass is 35.5. The average Bonchev–Trinajstić information content (AvgIpc) is 3.11. The van der Waals surface area contributed by atoms with E-state index in [1.807, 2.05) is 6.92 Å². The zero-order valence-electron chi connectivity index (χ0n) is 20.0. The monoisotopic (exact) mass is 491 g/mol. The summed E-state index contributed by atoms with van der Waals surface area (Å²) in [6.45, 7) is 6.17. The van der Waals surface area contributed by atoms with Crippen molar-refractivity contribution >= 4 is 23.5 Å². The Balaban J connectivity index is 2.32. The van der Waals surface area contributed by atoms with Gasteiger partial charge in [0.2, 0.25) is 5.28 Å². The molecule has 1 aromatic carbocycles. The van der Waals surface area contributed by atoms with Crippen molar-refractivity contribution in [3.63, 3.8) is 0 Å². The van der Waals surface area contributed by atoms with E-state index < -0.39 is 17.5 Å². The number of carboxylic acid groups (broad SMARTS) is 1. The van der Waals surface area contributed by atoms with Crippen molar-refractivity contribution in [2.24, 2.45) is 5.92 Å². The van der Waals surface area contributed by atoms with Gasteiger partial charge in [-0.25, -0.2) is 9.37 Å². The number of aliphatic carboxylic acids is 1. The summed E-state index contributed by atoms with van der Waals surface area (Å²) in [6, 6.07) is 5.90. The molecule has 0 saturated carbocycles. The van der Waals surface area contributed by atoms with Crippen molar-refractivity contribution in [3.8, 4) is 11.8 Å². The molecule has 9 heteroatoms. The predicted molar refractivity (Wildman–Crippen MR) is 128 cm³/mol. The average molecular weight is 492 g/mol. The quantitative estimate of drug-likeness (QED) is 0.451. The van der Waals surface area contributed by atoms with Crippen molar-refractivity contribution in [2.45, 2.75) is 58.6 Å². The fourth-order valence-corrected chi connectivity index (χ4v) is 3.46. The second-order valence-corrected chi connectivity index (χ2v) is 8.86. The molecule has 184 valence electrons.